The van der Waals surface area contributed by atoms with E-state index in [9.17, 15) is 22.8 Å². The molecule has 61 heavy (non-hydrogen) atoms. The quantitative estimate of drug-likeness (QED) is 0.139. The Hall–Kier alpha value is -4.63. The van der Waals surface area contributed by atoms with Gasteiger partial charge in [-0.05, 0) is 119 Å². The van der Waals surface area contributed by atoms with Crippen LogP contribution in [0.4, 0.5) is 29.6 Å². The molecule has 4 heterocycles. The molecule has 0 unspecified atom stereocenters. The third kappa shape index (κ3) is 8.24. The van der Waals surface area contributed by atoms with Crippen LogP contribution in [0.2, 0.25) is 5.04 Å². The molecular formula is C47H57F3N6O4Si. The van der Waals surface area contributed by atoms with E-state index >= 15 is 0 Å². The van der Waals surface area contributed by atoms with Gasteiger partial charge in [0.15, 0.2) is 0 Å². The maximum absolute atomic E-state index is 14.9. The second-order valence-electron chi connectivity index (χ2n) is 19.1. The van der Waals surface area contributed by atoms with E-state index in [2.05, 4.69) is 35.8 Å². The predicted octanol–water partition coefficient (Wildman–Crippen LogP) is 9.07. The lowest BCUT2D eigenvalue weighted by molar-refractivity contribution is -0.138. The van der Waals surface area contributed by atoms with Gasteiger partial charge in [-0.2, -0.15) is 18.3 Å². The van der Waals surface area contributed by atoms with Crippen LogP contribution >= 0.6 is 0 Å². The predicted molar refractivity (Wildman–Crippen MR) is 233 cm³/mol. The molecule has 0 bridgehead atoms. The Kier molecular flexibility index (Phi) is 11.2. The highest BCUT2D eigenvalue weighted by Gasteiger charge is 2.55. The van der Waals surface area contributed by atoms with Gasteiger partial charge in [0, 0.05) is 23.0 Å². The molecule has 1 N–H and O–H groups in total. The summed E-state index contributed by atoms with van der Waals surface area (Å²) < 4.78 is 58.6. The summed E-state index contributed by atoms with van der Waals surface area (Å²) in [5.41, 5.74) is -0.195. The Balaban J connectivity index is 1.07. The maximum atomic E-state index is 14.9. The Morgan fingerprint density at radius 1 is 0.951 bits per heavy atom. The zero-order valence-corrected chi connectivity index (χ0v) is 37.2. The fourth-order valence-electron chi connectivity index (χ4n) is 9.80. The molecule has 5 aromatic rings. The van der Waals surface area contributed by atoms with Crippen molar-refractivity contribution >= 4 is 47.3 Å². The van der Waals surface area contributed by atoms with Crippen molar-refractivity contribution in [1.29, 1.82) is 0 Å². The number of hydrogen-bond acceptors (Lipinski definition) is 8. The average molecular weight is 855 g/mol. The van der Waals surface area contributed by atoms with Crippen molar-refractivity contribution in [3.8, 4) is 0 Å². The summed E-state index contributed by atoms with van der Waals surface area (Å²) in [6.45, 7) is 15.9. The number of piperidine rings is 1. The first-order chi connectivity index (χ1) is 28.8. The van der Waals surface area contributed by atoms with Gasteiger partial charge in [-0.1, -0.05) is 74.5 Å². The summed E-state index contributed by atoms with van der Waals surface area (Å²) in [5.74, 6) is -0.301. The van der Waals surface area contributed by atoms with Crippen LogP contribution in [-0.2, 0) is 15.7 Å². The number of benzene rings is 3. The number of anilines is 2. The number of nitrogens with zero attached hydrogens (tertiary/aromatic N) is 6. The summed E-state index contributed by atoms with van der Waals surface area (Å²) in [7, 11) is -3.29. The van der Waals surface area contributed by atoms with Crippen LogP contribution in [-0.4, -0.2) is 81.3 Å². The standard InChI is InChI=1S/C47H57F3N6O4Si/c1-31-41(28-52-56(31)35-18-19-35)55(43(57)60-44(2,3)4)42-51-27-33-24-39(47(48,49)50)38(25-40(33)53-42)32-20-22-54(23-21-32)46(7)30-59-29-34(46)26-45(5,6)61(58,36-14-10-8-11-15-36)37-16-12-9-13-17-37/h8-17,24-25,27-28,32,34-35,58H,18-23,26,29-30H2,1-7H3/t34-,46+/m1/s1. The van der Waals surface area contributed by atoms with Crippen molar-refractivity contribution in [2.75, 3.05) is 31.2 Å². The van der Waals surface area contributed by atoms with Gasteiger partial charge in [0.25, 0.3) is 8.32 Å². The number of rotatable bonds is 10. The molecule has 3 aromatic carbocycles. The molecule has 0 radical (unpaired) electrons. The normalized spacial score (nSPS) is 20.9. The molecule has 14 heteroatoms. The molecule has 2 aromatic heterocycles. The zero-order chi connectivity index (χ0) is 43.5. The van der Waals surface area contributed by atoms with Crippen molar-refractivity contribution in [1.82, 2.24) is 24.6 Å². The Labute approximate surface area is 357 Å². The van der Waals surface area contributed by atoms with Crippen molar-refractivity contribution in [3.05, 3.63) is 102 Å². The highest BCUT2D eigenvalue weighted by molar-refractivity contribution is 6.98. The van der Waals surface area contributed by atoms with Crippen LogP contribution in [0.25, 0.3) is 10.9 Å². The second kappa shape index (κ2) is 15.9. The number of carbonyl (C=O) groups excluding carboxylic acids is 1. The van der Waals surface area contributed by atoms with Gasteiger partial charge in [0.05, 0.1) is 47.9 Å². The topological polar surface area (TPSA) is 106 Å². The molecule has 1 aliphatic carbocycles. The van der Waals surface area contributed by atoms with Crippen LogP contribution in [0.15, 0.2) is 85.2 Å². The first-order valence-electron chi connectivity index (χ1n) is 21.4. The fourth-order valence-corrected chi connectivity index (χ4v) is 13.6. The van der Waals surface area contributed by atoms with E-state index in [0.29, 0.717) is 56.8 Å². The number of alkyl halides is 3. The Morgan fingerprint density at radius 3 is 2.15 bits per heavy atom. The lowest BCUT2D eigenvalue weighted by atomic mass is 9.78. The molecule has 3 aliphatic rings. The number of aromatic nitrogens is 4. The molecule has 10 nitrogen and oxygen atoms in total. The monoisotopic (exact) mass is 854 g/mol. The smallest absolute Gasteiger partial charge is 0.422 e. The summed E-state index contributed by atoms with van der Waals surface area (Å²) in [6, 6.07) is 22.9. The van der Waals surface area contributed by atoms with Crippen molar-refractivity contribution < 1.29 is 32.2 Å². The highest BCUT2D eigenvalue weighted by Crippen LogP contribution is 2.49. The first-order valence-corrected chi connectivity index (χ1v) is 23.4. The molecule has 2 aliphatic heterocycles. The average Bonchev–Trinajstić information content (AvgIpc) is 3.90. The first kappa shape index (κ1) is 43.0. The van der Waals surface area contributed by atoms with E-state index < -0.39 is 36.8 Å². The minimum absolute atomic E-state index is 0.00154. The van der Waals surface area contributed by atoms with E-state index in [-0.39, 0.29) is 40.3 Å². The van der Waals surface area contributed by atoms with Crippen molar-refractivity contribution in [2.24, 2.45) is 5.92 Å². The van der Waals surface area contributed by atoms with Crippen molar-refractivity contribution in [3.63, 3.8) is 0 Å². The van der Waals surface area contributed by atoms with Gasteiger partial charge in [0.2, 0.25) is 5.95 Å². The fraction of sp³-hybridized carbons (Fsp3) is 0.489. The molecule has 2 atom stereocenters. The van der Waals surface area contributed by atoms with Gasteiger partial charge >= 0.3 is 12.3 Å². The van der Waals surface area contributed by atoms with E-state index in [1.54, 1.807) is 33.0 Å². The van der Waals surface area contributed by atoms with E-state index in [0.717, 1.165) is 35.0 Å². The molecule has 2 saturated heterocycles. The number of hydrogen-bond donors (Lipinski definition) is 1. The highest BCUT2D eigenvalue weighted by atomic mass is 28.4. The molecule has 324 valence electrons. The maximum Gasteiger partial charge on any atom is 0.422 e. The van der Waals surface area contributed by atoms with Crippen LogP contribution in [0.1, 0.15) is 102 Å². The van der Waals surface area contributed by atoms with Gasteiger partial charge < -0.3 is 14.3 Å². The largest absolute Gasteiger partial charge is 0.443 e. The Bertz CT molecular complexity index is 2340. The minimum atomic E-state index is -4.60. The molecule has 0 spiro atoms. The molecular weight excluding hydrogens is 798 g/mol. The number of fused-ring (bicyclic) bond motifs is 1. The summed E-state index contributed by atoms with van der Waals surface area (Å²) >= 11 is 0. The number of ether oxygens (including phenoxy) is 2. The number of carbonyl (C=O) groups is 1. The zero-order valence-electron chi connectivity index (χ0n) is 36.2. The number of amides is 1. The van der Waals surface area contributed by atoms with Crippen LogP contribution in [0.3, 0.4) is 0 Å². The SMILES string of the molecule is Cc1c(N(C(=O)OC(C)(C)C)c2ncc3cc(C(F)(F)F)c(C4CCN([C@@]5(C)COC[C@H]5CC(C)(C)[Si](O)(c5ccccc5)c5ccccc5)CC4)cc3n2)cnn1C1CC1. The van der Waals surface area contributed by atoms with E-state index in [1.165, 1.54) is 11.1 Å². The van der Waals surface area contributed by atoms with Crippen LogP contribution < -0.4 is 15.3 Å². The molecule has 1 amide bonds. The summed E-state index contributed by atoms with van der Waals surface area (Å²) in [4.78, 5) is 39.6. The van der Waals surface area contributed by atoms with Crippen LogP contribution in [0, 0.1) is 12.8 Å². The number of likely N-dealkylation sites (tertiary alicyclic amines) is 1. The molecule has 3 fully saturated rings. The third-order valence-electron chi connectivity index (χ3n) is 13.3. The molecule has 8 rings (SSSR count). The minimum Gasteiger partial charge on any atom is -0.443 e. The van der Waals surface area contributed by atoms with Gasteiger partial charge in [-0.15, -0.1) is 0 Å². The van der Waals surface area contributed by atoms with Gasteiger partial charge in [-0.25, -0.2) is 19.7 Å². The lowest BCUT2D eigenvalue weighted by Gasteiger charge is -2.49. The lowest BCUT2D eigenvalue weighted by Crippen LogP contribution is -2.66. The third-order valence-corrected chi connectivity index (χ3v) is 17.8. The summed E-state index contributed by atoms with van der Waals surface area (Å²) in [6.07, 6.45) is 1.34. The molecule has 1 saturated carbocycles. The van der Waals surface area contributed by atoms with Crippen LogP contribution in [0.5, 0.6) is 0 Å². The van der Waals surface area contributed by atoms with E-state index in [1.807, 2.05) is 72.3 Å². The Morgan fingerprint density at radius 2 is 1.57 bits per heavy atom. The van der Waals surface area contributed by atoms with Crippen molar-refractivity contribution in [2.45, 2.75) is 115 Å². The van der Waals surface area contributed by atoms with Gasteiger partial charge in [-0.3, -0.25) is 9.58 Å². The number of halogens is 3. The second-order valence-corrected chi connectivity index (χ2v) is 23.1. The van der Waals surface area contributed by atoms with Gasteiger partial charge in [0.1, 0.15) is 5.60 Å². The summed E-state index contributed by atoms with van der Waals surface area (Å²) in [5, 5.41) is 6.19. The van der Waals surface area contributed by atoms with E-state index in [4.69, 9.17) is 14.5 Å².